The summed E-state index contributed by atoms with van der Waals surface area (Å²) in [4.78, 5) is 27.8. The largest absolute Gasteiger partial charge is 0.288 e. The van der Waals surface area contributed by atoms with E-state index in [1.807, 2.05) is 0 Å². The highest BCUT2D eigenvalue weighted by atomic mass is 32.2. The van der Waals surface area contributed by atoms with Crippen LogP contribution >= 0.6 is 11.3 Å². The molecule has 0 bridgehead atoms. The van der Waals surface area contributed by atoms with E-state index in [1.165, 1.54) is 53.8 Å². The summed E-state index contributed by atoms with van der Waals surface area (Å²) in [7, 11) is -4.13. The third-order valence-corrected chi connectivity index (χ3v) is 6.97. The molecule has 4 rings (SSSR count). The number of carbonyl (C=O) groups is 2. The van der Waals surface area contributed by atoms with E-state index >= 15 is 0 Å². The van der Waals surface area contributed by atoms with E-state index < -0.39 is 27.7 Å². The van der Waals surface area contributed by atoms with Crippen molar-refractivity contribution in [1.82, 2.24) is 10.3 Å². The maximum Gasteiger partial charge on any atom is 0.264 e. The molecule has 0 spiro atoms. The number of rotatable bonds is 5. The number of imide groups is 1. The molecule has 1 aromatic heterocycles. The van der Waals surface area contributed by atoms with Gasteiger partial charge < -0.3 is 0 Å². The predicted octanol–water partition coefficient (Wildman–Crippen LogP) is 2.87. The van der Waals surface area contributed by atoms with Gasteiger partial charge in [-0.05, 0) is 49.4 Å². The summed E-state index contributed by atoms with van der Waals surface area (Å²) in [5, 5.41) is 4.66. The molecular formula is C19H14FN3O4S2. The van der Waals surface area contributed by atoms with Gasteiger partial charge in [0, 0.05) is 5.38 Å². The second-order valence-electron chi connectivity index (χ2n) is 6.34. The van der Waals surface area contributed by atoms with Gasteiger partial charge in [-0.15, -0.1) is 11.3 Å². The van der Waals surface area contributed by atoms with Gasteiger partial charge in [0.2, 0.25) is 0 Å². The van der Waals surface area contributed by atoms with Crippen LogP contribution < -0.4 is 9.62 Å². The molecule has 10 heteroatoms. The first kappa shape index (κ1) is 19.2. The SMILES string of the molecule is Cc1nc(CN(c2ccc(F)cc2)S(=O)(=O)c2ccc3c(c2)C(=O)NC3=O)cs1. The van der Waals surface area contributed by atoms with Gasteiger partial charge in [-0.25, -0.2) is 17.8 Å². The molecular weight excluding hydrogens is 417 g/mol. The van der Waals surface area contributed by atoms with Crippen LogP contribution in [0.2, 0.25) is 0 Å². The van der Waals surface area contributed by atoms with Crippen LogP contribution in [-0.2, 0) is 16.6 Å². The van der Waals surface area contributed by atoms with Crippen molar-refractivity contribution in [2.24, 2.45) is 0 Å². The van der Waals surface area contributed by atoms with Crippen LogP contribution in [0.5, 0.6) is 0 Å². The van der Waals surface area contributed by atoms with Crippen LogP contribution in [0.25, 0.3) is 0 Å². The minimum atomic E-state index is -4.13. The number of nitrogens with zero attached hydrogens (tertiary/aromatic N) is 2. The molecule has 2 heterocycles. The van der Waals surface area contributed by atoms with Gasteiger partial charge in [-0.2, -0.15) is 0 Å². The quantitative estimate of drug-likeness (QED) is 0.627. The minimum Gasteiger partial charge on any atom is -0.288 e. The Balaban J connectivity index is 1.80. The molecule has 0 aliphatic carbocycles. The summed E-state index contributed by atoms with van der Waals surface area (Å²) in [5.74, 6) is -1.71. The van der Waals surface area contributed by atoms with Gasteiger partial charge in [0.05, 0.1) is 39.0 Å². The molecule has 7 nitrogen and oxygen atoms in total. The Bertz CT molecular complexity index is 1240. The van der Waals surface area contributed by atoms with Crippen molar-refractivity contribution >= 4 is 38.9 Å². The molecule has 1 aliphatic heterocycles. The molecule has 2 amide bonds. The lowest BCUT2D eigenvalue weighted by Gasteiger charge is -2.24. The molecule has 2 aromatic carbocycles. The first-order valence-corrected chi connectivity index (χ1v) is 10.8. The van der Waals surface area contributed by atoms with Crippen molar-refractivity contribution in [3.05, 3.63) is 75.5 Å². The molecule has 0 atom stereocenters. The Morgan fingerprint density at radius 3 is 2.41 bits per heavy atom. The molecule has 3 aromatic rings. The number of hydrogen-bond acceptors (Lipinski definition) is 6. The highest BCUT2D eigenvalue weighted by Gasteiger charge is 2.31. The zero-order valence-corrected chi connectivity index (χ0v) is 16.7. The maximum absolute atomic E-state index is 13.4. The van der Waals surface area contributed by atoms with E-state index in [1.54, 1.807) is 12.3 Å². The van der Waals surface area contributed by atoms with E-state index in [9.17, 15) is 22.4 Å². The van der Waals surface area contributed by atoms with Gasteiger partial charge in [-0.3, -0.25) is 19.2 Å². The normalized spacial score (nSPS) is 13.3. The second-order valence-corrected chi connectivity index (χ2v) is 9.26. The number of anilines is 1. The number of nitrogens with one attached hydrogen (secondary N) is 1. The number of benzene rings is 2. The van der Waals surface area contributed by atoms with Gasteiger partial charge in [0.1, 0.15) is 5.82 Å². The fraction of sp³-hybridized carbons (Fsp3) is 0.105. The molecule has 0 radical (unpaired) electrons. The van der Waals surface area contributed by atoms with Crippen molar-refractivity contribution in [3.63, 3.8) is 0 Å². The van der Waals surface area contributed by atoms with E-state index in [0.717, 1.165) is 9.31 Å². The second kappa shape index (κ2) is 7.05. The molecule has 0 unspecified atom stereocenters. The summed E-state index contributed by atoms with van der Waals surface area (Å²) in [5.41, 5.74) is 0.907. The highest BCUT2D eigenvalue weighted by Crippen LogP contribution is 2.29. The Labute approximate surface area is 169 Å². The van der Waals surface area contributed by atoms with Gasteiger partial charge in [0.25, 0.3) is 21.8 Å². The summed E-state index contributed by atoms with van der Waals surface area (Å²) < 4.78 is 41.3. The Kier molecular flexibility index (Phi) is 4.67. The van der Waals surface area contributed by atoms with E-state index in [0.29, 0.717) is 5.69 Å². The predicted molar refractivity (Wildman–Crippen MR) is 105 cm³/mol. The highest BCUT2D eigenvalue weighted by molar-refractivity contribution is 7.92. The van der Waals surface area contributed by atoms with Crippen LogP contribution in [-0.4, -0.2) is 25.2 Å². The molecule has 0 fully saturated rings. The van der Waals surface area contributed by atoms with Crippen LogP contribution in [0.3, 0.4) is 0 Å². The third-order valence-electron chi connectivity index (χ3n) is 4.38. The number of carbonyl (C=O) groups excluding carboxylic acids is 2. The molecule has 1 N–H and O–H groups in total. The summed E-state index contributed by atoms with van der Waals surface area (Å²) >= 11 is 1.38. The smallest absolute Gasteiger partial charge is 0.264 e. The fourth-order valence-electron chi connectivity index (χ4n) is 2.99. The Morgan fingerprint density at radius 2 is 1.76 bits per heavy atom. The summed E-state index contributed by atoms with van der Waals surface area (Å²) in [6.45, 7) is 1.74. The summed E-state index contributed by atoms with van der Waals surface area (Å²) in [6.07, 6.45) is 0. The van der Waals surface area contributed by atoms with E-state index in [4.69, 9.17) is 0 Å². The first-order chi connectivity index (χ1) is 13.8. The van der Waals surface area contributed by atoms with Gasteiger partial charge in [-0.1, -0.05) is 0 Å². The zero-order valence-electron chi connectivity index (χ0n) is 15.0. The van der Waals surface area contributed by atoms with Gasteiger partial charge in [0.15, 0.2) is 0 Å². The lowest BCUT2D eigenvalue weighted by Crippen LogP contribution is -2.31. The first-order valence-electron chi connectivity index (χ1n) is 8.45. The van der Waals surface area contributed by atoms with Gasteiger partial charge >= 0.3 is 0 Å². The number of thiazole rings is 1. The molecule has 148 valence electrons. The van der Waals surface area contributed by atoms with Crippen molar-refractivity contribution < 1.29 is 22.4 Å². The number of aryl methyl sites for hydroxylation is 1. The number of fused-ring (bicyclic) bond motifs is 1. The monoisotopic (exact) mass is 431 g/mol. The van der Waals surface area contributed by atoms with Crippen LogP contribution in [0.1, 0.15) is 31.4 Å². The number of amides is 2. The van der Waals surface area contributed by atoms with E-state index in [2.05, 4.69) is 10.3 Å². The average molecular weight is 431 g/mol. The van der Waals surface area contributed by atoms with Crippen LogP contribution in [0, 0.1) is 12.7 Å². The van der Waals surface area contributed by atoms with Crippen molar-refractivity contribution in [3.8, 4) is 0 Å². The van der Waals surface area contributed by atoms with Crippen LogP contribution in [0.15, 0.2) is 52.7 Å². The van der Waals surface area contributed by atoms with Crippen LogP contribution in [0.4, 0.5) is 10.1 Å². The summed E-state index contributed by atoms with van der Waals surface area (Å²) in [6, 6.07) is 8.80. The third kappa shape index (κ3) is 3.52. The zero-order chi connectivity index (χ0) is 20.8. The molecule has 0 saturated heterocycles. The number of sulfonamides is 1. The molecule has 29 heavy (non-hydrogen) atoms. The minimum absolute atomic E-state index is 0.000339. The van der Waals surface area contributed by atoms with Crippen molar-refractivity contribution in [2.75, 3.05) is 4.31 Å². The lowest BCUT2D eigenvalue weighted by atomic mass is 10.1. The maximum atomic E-state index is 13.4. The van der Waals surface area contributed by atoms with E-state index in [-0.39, 0.29) is 28.3 Å². The molecule has 1 aliphatic rings. The Morgan fingerprint density at radius 1 is 1.07 bits per heavy atom. The topological polar surface area (TPSA) is 96.4 Å². The standard InChI is InChI=1S/C19H14FN3O4S2/c1-11-21-13(10-28-11)9-23(14-4-2-12(20)3-5-14)29(26,27)15-6-7-16-17(8-15)19(25)22-18(16)24/h2-8,10H,9H2,1H3,(H,22,24,25). The average Bonchev–Trinajstić information content (AvgIpc) is 3.23. The number of aromatic nitrogens is 1. The van der Waals surface area contributed by atoms with Crippen molar-refractivity contribution in [1.29, 1.82) is 0 Å². The van der Waals surface area contributed by atoms with Crippen molar-refractivity contribution in [2.45, 2.75) is 18.4 Å². The number of hydrogen-bond donors (Lipinski definition) is 1. The molecule has 0 saturated carbocycles. The fourth-order valence-corrected chi connectivity index (χ4v) is 5.05. The lowest BCUT2D eigenvalue weighted by molar-refractivity contribution is 0.0879. The Hall–Kier alpha value is -3.11. The number of halogens is 1.